The van der Waals surface area contributed by atoms with Crippen molar-refractivity contribution in [3.8, 4) is 0 Å². The van der Waals surface area contributed by atoms with Crippen LogP contribution in [0.3, 0.4) is 0 Å². The Morgan fingerprint density at radius 3 is 1.05 bits per heavy atom. The maximum Gasteiger partial charge on any atom is 0.139 e. The summed E-state index contributed by atoms with van der Waals surface area (Å²) in [5.41, 5.74) is 4.60. The summed E-state index contributed by atoms with van der Waals surface area (Å²) in [5, 5.41) is 0.794. The van der Waals surface area contributed by atoms with Crippen molar-refractivity contribution in [2.75, 3.05) is 52.6 Å². The molecule has 8 nitrogen and oxygen atoms in total. The molecule has 0 radical (unpaired) electrons. The molecular formula is C90H129ClN4O4. The topological polar surface area (TPSA) is 65.6 Å². The molecule has 540 valence electrons. The number of Topliss-reactive ketones (excluding diaryl/α,β-unsaturated/α-hetero) is 2. The Hall–Kier alpha value is -6.07. The van der Waals surface area contributed by atoms with Gasteiger partial charge in [0.05, 0.1) is 26.4 Å². The maximum atomic E-state index is 11.8. The van der Waals surface area contributed by atoms with Crippen LogP contribution in [0.25, 0.3) is 0 Å². The number of hydrogen-bond acceptors (Lipinski definition) is 8. The number of hydrogen-bond donors (Lipinski definition) is 0. The second-order valence-corrected chi connectivity index (χ2v) is 29.6. The van der Waals surface area contributed by atoms with Gasteiger partial charge in [-0.15, -0.1) is 0 Å². The minimum Gasteiger partial charge on any atom is -0.379 e. The maximum absolute atomic E-state index is 11.8. The number of ether oxygens (including phenoxy) is 2. The van der Waals surface area contributed by atoms with Gasteiger partial charge in [-0.25, -0.2) is 0 Å². The van der Waals surface area contributed by atoms with Crippen LogP contribution in [-0.2, 0) is 45.2 Å². The molecule has 5 aromatic rings. The van der Waals surface area contributed by atoms with Crippen LogP contribution >= 0.6 is 11.6 Å². The van der Waals surface area contributed by atoms with E-state index < -0.39 is 5.41 Å². The minimum atomic E-state index is -0.417. The van der Waals surface area contributed by atoms with Gasteiger partial charge in [0.1, 0.15) is 11.6 Å². The molecule has 4 atom stereocenters. The van der Waals surface area contributed by atoms with Gasteiger partial charge in [-0.2, -0.15) is 0 Å². The molecule has 99 heavy (non-hydrogen) atoms. The zero-order valence-corrected chi connectivity index (χ0v) is 63.7. The molecule has 5 fully saturated rings. The SMILES string of the molecule is C=C/C=C/C1CCCCC1.CC(/C=C/C1CCCCC1)N(Cc1ccccc1)Cc1ccccc1.CC(/C=C/C1CCCCC1)N1CCOCC1.CC(=O)C(C)(C)/C=C/C(C)N(Cc1ccccc1)Cc1ccccc1.CC(=O)C(C)(C)/C=C/C(C)N1CCOCC1.Clc1ccccc1. The number of morpholine rings is 2. The number of rotatable bonds is 24. The third-order valence-corrected chi connectivity index (χ3v) is 20.5. The average molecular weight is 1370 g/mol. The van der Waals surface area contributed by atoms with Crippen molar-refractivity contribution in [1.29, 1.82) is 0 Å². The molecule has 0 bridgehead atoms. The molecule has 0 N–H and O–H groups in total. The van der Waals surface area contributed by atoms with Gasteiger partial charge in [0.2, 0.25) is 0 Å². The van der Waals surface area contributed by atoms with Gasteiger partial charge in [-0.05, 0) is 160 Å². The molecule has 2 saturated heterocycles. The van der Waals surface area contributed by atoms with E-state index in [0.29, 0.717) is 18.1 Å². The van der Waals surface area contributed by atoms with E-state index in [9.17, 15) is 9.59 Å². The Morgan fingerprint density at radius 1 is 0.444 bits per heavy atom. The molecule has 9 heteroatoms. The van der Waals surface area contributed by atoms with E-state index in [1.165, 1.54) is 119 Å². The lowest BCUT2D eigenvalue weighted by Gasteiger charge is -2.31. The Labute approximate surface area is 607 Å². The van der Waals surface area contributed by atoms with E-state index in [1.807, 2.05) is 88.4 Å². The largest absolute Gasteiger partial charge is 0.379 e. The number of ketones is 2. The summed E-state index contributed by atoms with van der Waals surface area (Å²) in [7, 11) is 0. The van der Waals surface area contributed by atoms with E-state index >= 15 is 0 Å². The van der Waals surface area contributed by atoms with Gasteiger partial charge >= 0.3 is 0 Å². The van der Waals surface area contributed by atoms with Crippen LogP contribution in [0, 0.1) is 28.6 Å². The second-order valence-electron chi connectivity index (χ2n) is 29.2. The molecule has 2 aliphatic heterocycles. The van der Waals surface area contributed by atoms with E-state index in [2.05, 4.69) is 212 Å². The highest BCUT2D eigenvalue weighted by Crippen LogP contribution is 2.28. The van der Waals surface area contributed by atoms with Crippen LogP contribution in [0.4, 0.5) is 0 Å². The molecule has 10 rings (SSSR count). The number of halogens is 1. The van der Waals surface area contributed by atoms with Gasteiger partial charge in [-0.3, -0.25) is 29.2 Å². The predicted octanol–water partition coefficient (Wildman–Crippen LogP) is 21.8. The second kappa shape index (κ2) is 48.7. The molecule has 0 amide bonds. The van der Waals surface area contributed by atoms with Crippen LogP contribution < -0.4 is 0 Å². The van der Waals surface area contributed by atoms with Crippen LogP contribution in [-0.4, -0.2) is 108 Å². The Bertz CT molecular complexity index is 2960. The van der Waals surface area contributed by atoms with Crippen molar-refractivity contribution in [3.05, 3.63) is 252 Å². The lowest BCUT2D eigenvalue weighted by Crippen LogP contribution is -2.41. The summed E-state index contributed by atoms with van der Waals surface area (Å²) >= 11 is 5.54. The number of nitrogens with zero attached hydrogens (tertiary/aromatic N) is 4. The Morgan fingerprint density at radius 2 is 0.737 bits per heavy atom. The third kappa shape index (κ3) is 35.9. The molecular weight excluding hydrogens is 1240 g/mol. The molecule has 4 unspecified atom stereocenters. The molecule has 2 heterocycles. The first kappa shape index (κ1) is 83.6. The van der Waals surface area contributed by atoms with Crippen molar-refractivity contribution in [3.63, 3.8) is 0 Å². The highest BCUT2D eigenvalue weighted by atomic mass is 35.5. The summed E-state index contributed by atoms with van der Waals surface area (Å²) in [5.74, 6) is 2.90. The smallest absolute Gasteiger partial charge is 0.139 e. The Balaban J connectivity index is 0.000000224. The van der Waals surface area contributed by atoms with Crippen molar-refractivity contribution in [1.82, 2.24) is 19.6 Å². The van der Waals surface area contributed by atoms with Crippen molar-refractivity contribution >= 4 is 23.2 Å². The zero-order chi connectivity index (χ0) is 71.4. The van der Waals surface area contributed by atoms with E-state index in [-0.39, 0.29) is 23.0 Å². The van der Waals surface area contributed by atoms with Crippen LogP contribution in [0.15, 0.2) is 225 Å². The molecule has 5 aromatic carbocycles. The summed E-state index contributed by atoms with van der Waals surface area (Å²) in [6, 6.07) is 53.8. The Kier molecular flexibility index (Phi) is 41.1. The molecule has 5 aliphatic rings. The van der Waals surface area contributed by atoms with Crippen molar-refractivity contribution in [2.45, 2.75) is 216 Å². The first-order chi connectivity index (χ1) is 47.8. The summed E-state index contributed by atoms with van der Waals surface area (Å²) in [6.07, 6.45) is 45.6. The zero-order valence-electron chi connectivity index (χ0n) is 62.9. The normalized spacial score (nSPS) is 18.4. The van der Waals surface area contributed by atoms with E-state index in [0.717, 1.165) is 102 Å². The fraction of sp³-hybridized carbons (Fsp3) is 0.511. The fourth-order valence-corrected chi connectivity index (χ4v) is 12.8. The third-order valence-electron chi connectivity index (χ3n) is 20.2. The average Bonchev–Trinajstić information content (AvgIpc) is 1.07. The highest BCUT2D eigenvalue weighted by Gasteiger charge is 2.24. The lowest BCUT2D eigenvalue weighted by molar-refractivity contribution is -0.123. The van der Waals surface area contributed by atoms with Gasteiger partial charge < -0.3 is 9.47 Å². The van der Waals surface area contributed by atoms with Crippen LogP contribution in [0.5, 0.6) is 0 Å². The fourth-order valence-electron chi connectivity index (χ4n) is 12.7. The standard InChI is InChI=1S/C24H31N.C23H29NO.C14H25NO.C13H23NO2.C10H16.C6H5Cl/c1-21(17-18-22-11-5-2-6-12-22)25(19-23-13-7-3-8-14-23)20-24-15-9-4-10-16-24;1-19(15-16-23(3,4)20(2)25)24(17-21-11-7-5-8-12-21)18-22-13-9-6-10-14-22;1-13(15-9-11-16-12-10-15)7-8-14-5-3-2-4-6-14;1-11(14-7-9-16-10-8-14)5-6-13(3,4)12(2)15;1-2-3-7-10-8-5-4-6-9-10;7-6-4-2-1-3-5-6/h3-4,7-10,13-18,21-22H,2,5-6,11-12,19-20H2,1H3;5-16,19H,17-18H2,1-4H3;7-8,13-14H,2-6,9-12H2,1H3;5-6,11H,7-10H2,1-4H3;2-3,7,10H,1,4-6,8-9H2;1-5H/b18-17+;16-15+;8-7+;6-5+;7-3+;. The van der Waals surface area contributed by atoms with Crippen molar-refractivity contribution < 1.29 is 19.1 Å². The molecule has 0 spiro atoms. The number of benzene rings is 5. The number of carbonyl (C=O) groups is 2. The summed E-state index contributed by atoms with van der Waals surface area (Å²) < 4.78 is 10.7. The monoisotopic (exact) mass is 1360 g/mol. The first-order valence-corrected chi connectivity index (χ1v) is 38.2. The van der Waals surface area contributed by atoms with Gasteiger partial charge in [0.25, 0.3) is 0 Å². The summed E-state index contributed by atoms with van der Waals surface area (Å²) in [4.78, 5) is 33.0. The van der Waals surface area contributed by atoms with Crippen LogP contribution in [0.2, 0.25) is 5.02 Å². The van der Waals surface area contributed by atoms with Gasteiger partial charge in [0.15, 0.2) is 0 Å². The quantitative estimate of drug-likeness (QED) is 0.0447. The van der Waals surface area contributed by atoms with Gasteiger partial charge in [-0.1, -0.05) is 282 Å². The van der Waals surface area contributed by atoms with Crippen LogP contribution in [0.1, 0.15) is 188 Å². The molecule has 0 aromatic heterocycles. The molecule has 3 saturated carbocycles. The first-order valence-electron chi connectivity index (χ1n) is 37.9. The van der Waals surface area contributed by atoms with Gasteiger partial charge in [0, 0.05) is 92.4 Å². The molecule has 3 aliphatic carbocycles. The minimum absolute atomic E-state index is 0.189. The lowest BCUT2D eigenvalue weighted by atomic mass is 9.88. The predicted molar refractivity (Wildman–Crippen MR) is 423 cm³/mol. The summed E-state index contributed by atoms with van der Waals surface area (Å²) in [6.45, 7) is 35.1. The number of carbonyl (C=O) groups excluding carboxylic acids is 2. The highest BCUT2D eigenvalue weighted by molar-refractivity contribution is 6.30. The number of allylic oxidation sites excluding steroid dienone is 7. The van der Waals surface area contributed by atoms with E-state index in [4.69, 9.17) is 21.1 Å². The van der Waals surface area contributed by atoms with E-state index in [1.54, 1.807) is 13.8 Å². The van der Waals surface area contributed by atoms with Crippen molar-refractivity contribution in [2.24, 2.45) is 28.6 Å².